The van der Waals surface area contributed by atoms with Gasteiger partial charge in [0.05, 0.1) is 45.1 Å². The fourth-order valence-electron chi connectivity index (χ4n) is 3.88. The fraction of sp³-hybridized carbons (Fsp3) is 0.360. The van der Waals surface area contributed by atoms with Crippen molar-refractivity contribution in [2.75, 3.05) is 33.0 Å². The number of phosphoric acid groups is 1. The van der Waals surface area contributed by atoms with Gasteiger partial charge in [0.1, 0.15) is 12.6 Å². The van der Waals surface area contributed by atoms with E-state index in [-0.39, 0.29) is 29.4 Å². The van der Waals surface area contributed by atoms with E-state index in [2.05, 4.69) is 19.5 Å². The lowest BCUT2D eigenvalue weighted by Crippen LogP contribution is -2.53. The summed E-state index contributed by atoms with van der Waals surface area (Å²) in [6.07, 6.45) is -1.24. The summed E-state index contributed by atoms with van der Waals surface area (Å²) in [5.41, 5.74) is -1.64. The van der Waals surface area contributed by atoms with Crippen LogP contribution in [-0.2, 0) is 26.7 Å². The van der Waals surface area contributed by atoms with Crippen LogP contribution in [0, 0.1) is 5.82 Å². The van der Waals surface area contributed by atoms with E-state index in [1.165, 1.54) is 35.2 Å². The van der Waals surface area contributed by atoms with Gasteiger partial charge in [-0.15, -0.1) is 0 Å². The van der Waals surface area contributed by atoms with Gasteiger partial charge in [-0.2, -0.15) is 0 Å². The molecule has 0 aliphatic carbocycles. The minimum atomic E-state index is -5.52. The number of pyridine rings is 1. The molecule has 40 heavy (non-hydrogen) atoms. The fourth-order valence-corrected chi connectivity index (χ4v) is 4.14. The zero-order chi connectivity index (χ0) is 31.9. The molecule has 0 saturated carbocycles. The van der Waals surface area contributed by atoms with Crippen LogP contribution >= 0.6 is 7.82 Å². The Morgan fingerprint density at radius 1 is 1.10 bits per heavy atom. The molecule has 1 aliphatic rings. The number of anilines is 1. The van der Waals surface area contributed by atoms with Gasteiger partial charge in [-0.25, -0.2) is 19.3 Å². The molecule has 214 valence electrons. The second-order valence-electron chi connectivity index (χ2n) is 8.91. The maximum Gasteiger partial charge on any atom is 0.273 e. The van der Waals surface area contributed by atoms with Crippen molar-refractivity contribution >= 4 is 19.5 Å². The second kappa shape index (κ2) is 11.3. The van der Waals surface area contributed by atoms with Crippen LogP contribution in [0.5, 0.6) is 23.0 Å². The number of nitrogens with zero attached hydrogens (tertiary/aromatic N) is 4. The topological polar surface area (TPSA) is 168 Å². The SMILES string of the molecule is [2H]c1nc(Cc2cc(OC)c(OC)c(OC)c2)nc(Cc2nc3c(c([2H])c2[2H])OC(C)(C)C(=O)N3COP(=O)([O-])[O-])c1F. The first-order chi connectivity index (χ1) is 20.1. The third kappa shape index (κ3) is 6.31. The molecule has 1 aliphatic heterocycles. The predicted molar refractivity (Wildman–Crippen MR) is 134 cm³/mol. The van der Waals surface area contributed by atoms with Crippen LogP contribution in [0.4, 0.5) is 10.2 Å². The van der Waals surface area contributed by atoms with Crippen molar-refractivity contribution in [3.05, 3.63) is 59.0 Å². The summed E-state index contributed by atoms with van der Waals surface area (Å²) in [5, 5.41) is 0. The van der Waals surface area contributed by atoms with Crippen LogP contribution in [0.25, 0.3) is 0 Å². The lowest BCUT2D eigenvalue weighted by atomic mass is 10.1. The molecule has 1 amide bonds. The lowest BCUT2D eigenvalue weighted by molar-refractivity contribution is -0.341. The Labute approximate surface area is 233 Å². The van der Waals surface area contributed by atoms with Crippen molar-refractivity contribution in [2.45, 2.75) is 32.3 Å². The van der Waals surface area contributed by atoms with Crippen LogP contribution in [0.1, 0.15) is 40.7 Å². The van der Waals surface area contributed by atoms with Crippen molar-refractivity contribution in [3.8, 4) is 23.0 Å². The highest BCUT2D eigenvalue weighted by atomic mass is 31.2. The summed E-state index contributed by atoms with van der Waals surface area (Å²) in [6.45, 7) is 1.60. The van der Waals surface area contributed by atoms with Crippen molar-refractivity contribution in [1.82, 2.24) is 15.0 Å². The highest BCUT2D eigenvalue weighted by Gasteiger charge is 2.42. The summed E-state index contributed by atoms with van der Waals surface area (Å²) in [5.74, 6) is -1.63. The molecule has 2 aromatic heterocycles. The van der Waals surface area contributed by atoms with Gasteiger partial charge in [0.2, 0.25) is 5.75 Å². The molecule has 0 N–H and O–H groups in total. The quantitative estimate of drug-likeness (QED) is 0.318. The molecule has 0 unspecified atom stereocenters. The monoisotopic (exact) mass is 579 g/mol. The number of hydrogen-bond acceptors (Lipinski definition) is 12. The molecule has 13 nitrogen and oxygen atoms in total. The normalized spacial score (nSPS) is 15.4. The molecule has 1 aromatic carbocycles. The van der Waals surface area contributed by atoms with Crippen LogP contribution < -0.4 is 33.6 Å². The molecule has 3 heterocycles. The van der Waals surface area contributed by atoms with Crippen molar-refractivity contribution in [2.24, 2.45) is 0 Å². The van der Waals surface area contributed by atoms with E-state index in [9.17, 15) is 19.1 Å². The standard InChI is InChI=1S/C25H28FN4O9P/c1-25(2)24(31)30(13-38-40(32,33)34)23-18(39-25)7-6-15(28-23)11-17-16(26)12-27-21(29-17)10-14-8-19(35-3)22(37-5)20(9-14)36-4/h6-9,12H,10-11,13H2,1-5H3,(H2,32,33,34)/p-2/i6D,7D,12D. The average molecular weight is 579 g/mol. The van der Waals surface area contributed by atoms with Gasteiger partial charge >= 0.3 is 0 Å². The Balaban J connectivity index is 1.75. The molecule has 15 heteroatoms. The van der Waals surface area contributed by atoms with Gasteiger partial charge in [-0.05, 0) is 43.6 Å². The minimum Gasteiger partial charge on any atom is -0.790 e. The van der Waals surface area contributed by atoms with E-state index in [4.69, 9.17) is 23.1 Å². The van der Waals surface area contributed by atoms with Crippen molar-refractivity contribution in [1.29, 1.82) is 0 Å². The van der Waals surface area contributed by atoms with Gasteiger partial charge in [0.15, 0.2) is 34.5 Å². The molecule has 0 radical (unpaired) electrons. The lowest BCUT2D eigenvalue weighted by Gasteiger charge is -2.39. The highest BCUT2D eigenvalue weighted by Crippen LogP contribution is 2.39. The van der Waals surface area contributed by atoms with Crippen LogP contribution in [0.2, 0.25) is 0 Å². The smallest absolute Gasteiger partial charge is 0.273 e. The zero-order valence-electron chi connectivity index (χ0n) is 25.1. The molecule has 0 spiro atoms. The Bertz CT molecular complexity index is 1620. The summed E-state index contributed by atoms with van der Waals surface area (Å²) in [6, 6.07) is 2.22. The number of benzene rings is 1. The van der Waals surface area contributed by atoms with Crippen LogP contribution in [-0.4, -0.2) is 54.5 Å². The number of halogens is 1. The van der Waals surface area contributed by atoms with Gasteiger partial charge in [-0.3, -0.25) is 9.69 Å². The summed E-state index contributed by atoms with van der Waals surface area (Å²) < 4.78 is 77.1. The average Bonchev–Trinajstić information content (AvgIpc) is 2.94. The maximum atomic E-state index is 15.1. The molecule has 3 aromatic rings. The molecule has 4 rings (SSSR count). The predicted octanol–water partition coefficient (Wildman–Crippen LogP) is 1.52. The minimum absolute atomic E-state index is 0.0118. The van der Waals surface area contributed by atoms with Crippen molar-refractivity contribution in [3.63, 3.8) is 0 Å². The molecular formula is C25H26FN4O9P-2. The van der Waals surface area contributed by atoms with Gasteiger partial charge in [0, 0.05) is 18.5 Å². The Hall–Kier alpha value is -3.84. The third-order valence-corrected chi connectivity index (χ3v) is 6.14. The number of fused-ring (bicyclic) bond motifs is 1. The number of amides is 1. The van der Waals surface area contributed by atoms with Gasteiger partial charge in [0.25, 0.3) is 5.91 Å². The van der Waals surface area contributed by atoms with E-state index in [0.29, 0.717) is 27.7 Å². The maximum absolute atomic E-state index is 15.1. The Morgan fingerprint density at radius 2 is 1.77 bits per heavy atom. The Kier molecular flexibility index (Phi) is 7.13. The number of carbonyl (C=O) groups excluding carboxylic acids is 1. The molecule has 0 fully saturated rings. The van der Waals surface area contributed by atoms with Crippen molar-refractivity contribution < 1.29 is 51.1 Å². The summed E-state index contributed by atoms with van der Waals surface area (Å²) in [4.78, 5) is 48.2. The molecule has 0 bridgehead atoms. The van der Waals surface area contributed by atoms with Gasteiger partial charge < -0.3 is 37.8 Å². The largest absolute Gasteiger partial charge is 0.790 e. The summed E-state index contributed by atoms with van der Waals surface area (Å²) in [7, 11) is -1.20. The Morgan fingerprint density at radius 3 is 2.38 bits per heavy atom. The first-order valence-corrected chi connectivity index (χ1v) is 13.0. The molecule has 0 atom stereocenters. The van der Waals surface area contributed by atoms with Gasteiger partial charge in [-0.1, -0.05) is 0 Å². The van der Waals surface area contributed by atoms with Crippen LogP contribution in [0.15, 0.2) is 30.4 Å². The number of rotatable bonds is 10. The number of ether oxygens (including phenoxy) is 4. The number of hydrogen-bond donors (Lipinski definition) is 0. The second-order valence-corrected chi connectivity index (χ2v) is 10.1. The van der Waals surface area contributed by atoms with E-state index in [1.807, 2.05) is 0 Å². The first kappa shape index (κ1) is 25.1. The molecular weight excluding hydrogens is 550 g/mol. The van der Waals surface area contributed by atoms with E-state index < -0.39 is 62.4 Å². The summed E-state index contributed by atoms with van der Waals surface area (Å²) >= 11 is 0. The number of phosphoric ester groups is 1. The molecule has 0 saturated heterocycles. The third-order valence-electron chi connectivity index (χ3n) is 5.70. The first-order valence-electron chi connectivity index (χ1n) is 13.1. The number of methoxy groups -OCH3 is 3. The number of aromatic nitrogens is 3. The van der Waals surface area contributed by atoms with E-state index in [1.54, 1.807) is 12.1 Å². The number of carbonyl (C=O) groups is 1. The van der Waals surface area contributed by atoms with Crippen LogP contribution in [0.3, 0.4) is 0 Å². The highest BCUT2D eigenvalue weighted by molar-refractivity contribution is 7.43. The van der Waals surface area contributed by atoms with E-state index >= 15 is 4.39 Å². The zero-order valence-corrected chi connectivity index (χ0v) is 23.0. The van der Waals surface area contributed by atoms with E-state index in [0.717, 1.165) is 0 Å².